The first-order chi connectivity index (χ1) is 9.89. The van der Waals surface area contributed by atoms with E-state index in [2.05, 4.69) is 5.32 Å². The summed E-state index contributed by atoms with van der Waals surface area (Å²) < 4.78 is 0. The third-order valence-electron chi connectivity index (χ3n) is 3.18. The van der Waals surface area contributed by atoms with Crippen molar-refractivity contribution in [3.05, 3.63) is 34.4 Å². The lowest BCUT2D eigenvalue weighted by atomic mass is 9.96. The highest BCUT2D eigenvalue weighted by molar-refractivity contribution is 7.99. The Bertz CT molecular complexity index is 492. The number of likely N-dealkylation sites (N-methyl/N-ethyl adjacent to an activating group) is 1. The Balaban J connectivity index is 2.42. The van der Waals surface area contributed by atoms with Crippen molar-refractivity contribution in [1.82, 2.24) is 5.32 Å². The number of thioether (sulfide) groups is 1. The van der Waals surface area contributed by atoms with Crippen LogP contribution in [0.4, 0.5) is 5.69 Å². The van der Waals surface area contributed by atoms with Gasteiger partial charge in [-0.15, -0.1) is 11.8 Å². The van der Waals surface area contributed by atoms with E-state index in [-0.39, 0.29) is 5.69 Å². The summed E-state index contributed by atoms with van der Waals surface area (Å²) in [6.07, 6.45) is 1.29. The standard InChI is InChI=1S/C14H20N2O4S/c1-3-15-14(2,13(17)18)9-4-10-21-12-7-5-11(6-8-12)16(19)20/h5-8,15H,3-4,9-10H2,1-2H3,(H,17,18). The number of carbonyl (C=O) groups is 1. The Morgan fingerprint density at radius 1 is 1.43 bits per heavy atom. The summed E-state index contributed by atoms with van der Waals surface area (Å²) in [5.74, 6) is -0.0730. The maximum atomic E-state index is 11.2. The Labute approximate surface area is 128 Å². The number of nitrogens with one attached hydrogen (secondary N) is 1. The van der Waals surface area contributed by atoms with Crippen LogP contribution >= 0.6 is 11.8 Å². The minimum atomic E-state index is -0.898. The van der Waals surface area contributed by atoms with Gasteiger partial charge >= 0.3 is 5.97 Å². The van der Waals surface area contributed by atoms with Crippen LogP contribution in [0, 0.1) is 10.1 Å². The molecule has 21 heavy (non-hydrogen) atoms. The normalized spacial score (nSPS) is 13.6. The first-order valence-corrected chi connectivity index (χ1v) is 7.73. The Morgan fingerprint density at radius 2 is 2.05 bits per heavy atom. The van der Waals surface area contributed by atoms with Crippen LogP contribution in [-0.2, 0) is 4.79 Å². The number of nitro groups is 1. The molecule has 1 atom stereocenters. The SMILES string of the molecule is CCNC(C)(CCCSc1ccc([N+](=O)[O-])cc1)C(=O)O. The van der Waals surface area contributed by atoms with Crippen molar-refractivity contribution in [3.8, 4) is 0 Å². The van der Waals surface area contributed by atoms with E-state index in [4.69, 9.17) is 0 Å². The van der Waals surface area contributed by atoms with E-state index in [1.807, 2.05) is 6.92 Å². The summed E-state index contributed by atoms with van der Waals surface area (Å²) in [6.45, 7) is 4.18. The molecule has 0 heterocycles. The zero-order valence-corrected chi connectivity index (χ0v) is 13.0. The predicted molar refractivity (Wildman–Crippen MR) is 82.8 cm³/mol. The smallest absolute Gasteiger partial charge is 0.323 e. The fourth-order valence-corrected chi connectivity index (χ4v) is 2.79. The van der Waals surface area contributed by atoms with Crippen molar-refractivity contribution in [2.75, 3.05) is 12.3 Å². The van der Waals surface area contributed by atoms with E-state index in [1.54, 1.807) is 30.8 Å². The number of carboxylic acids is 1. The molecule has 1 aromatic carbocycles. The molecular weight excluding hydrogens is 292 g/mol. The fraction of sp³-hybridized carbons (Fsp3) is 0.500. The van der Waals surface area contributed by atoms with E-state index in [0.29, 0.717) is 13.0 Å². The van der Waals surface area contributed by atoms with Gasteiger partial charge in [0, 0.05) is 17.0 Å². The van der Waals surface area contributed by atoms with Crippen molar-refractivity contribution in [1.29, 1.82) is 0 Å². The lowest BCUT2D eigenvalue weighted by Gasteiger charge is -2.25. The molecule has 6 nitrogen and oxygen atoms in total. The number of hydrogen-bond acceptors (Lipinski definition) is 5. The second-order valence-corrected chi connectivity index (χ2v) is 6.04. The van der Waals surface area contributed by atoms with Crippen molar-refractivity contribution >= 4 is 23.4 Å². The minimum absolute atomic E-state index is 0.0740. The first-order valence-electron chi connectivity index (χ1n) is 6.74. The van der Waals surface area contributed by atoms with Crippen molar-refractivity contribution < 1.29 is 14.8 Å². The van der Waals surface area contributed by atoms with Gasteiger partial charge in [0.15, 0.2) is 0 Å². The molecule has 0 aromatic heterocycles. The molecule has 1 unspecified atom stereocenters. The topological polar surface area (TPSA) is 92.5 Å². The number of non-ortho nitro benzene ring substituents is 1. The van der Waals surface area contributed by atoms with Gasteiger partial charge in [0.25, 0.3) is 5.69 Å². The maximum absolute atomic E-state index is 11.2. The summed E-state index contributed by atoms with van der Waals surface area (Å²) in [5.41, 5.74) is -0.824. The number of hydrogen-bond donors (Lipinski definition) is 2. The number of aliphatic carboxylic acids is 1. The van der Waals surface area contributed by atoms with E-state index < -0.39 is 16.4 Å². The molecule has 0 spiro atoms. The van der Waals surface area contributed by atoms with Crippen LogP contribution in [-0.4, -0.2) is 33.8 Å². The first kappa shape index (κ1) is 17.5. The minimum Gasteiger partial charge on any atom is -0.480 e. The van der Waals surface area contributed by atoms with Gasteiger partial charge in [-0.25, -0.2) is 0 Å². The monoisotopic (exact) mass is 312 g/mol. The van der Waals surface area contributed by atoms with Crippen LogP contribution < -0.4 is 5.32 Å². The molecule has 0 aliphatic rings. The van der Waals surface area contributed by atoms with Crippen LogP contribution in [0.3, 0.4) is 0 Å². The number of carboxylic acid groups (broad SMARTS) is 1. The Hall–Kier alpha value is -1.60. The molecule has 0 amide bonds. The highest BCUT2D eigenvalue weighted by Crippen LogP contribution is 2.23. The lowest BCUT2D eigenvalue weighted by Crippen LogP contribution is -2.49. The lowest BCUT2D eigenvalue weighted by molar-refractivity contribution is -0.384. The van der Waals surface area contributed by atoms with Gasteiger partial charge < -0.3 is 10.4 Å². The van der Waals surface area contributed by atoms with E-state index >= 15 is 0 Å². The summed E-state index contributed by atoms with van der Waals surface area (Å²) in [6, 6.07) is 6.37. The molecule has 1 aromatic rings. The maximum Gasteiger partial charge on any atom is 0.323 e. The molecule has 7 heteroatoms. The Kier molecular flexibility index (Phi) is 6.64. The molecule has 1 rings (SSSR count). The number of nitro benzene ring substituents is 1. The van der Waals surface area contributed by atoms with Gasteiger partial charge in [-0.2, -0.15) is 0 Å². The average molecular weight is 312 g/mol. The quantitative estimate of drug-likeness (QED) is 0.315. The summed E-state index contributed by atoms with van der Waals surface area (Å²) in [7, 11) is 0. The molecule has 0 fully saturated rings. The van der Waals surface area contributed by atoms with Gasteiger partial charge in [0.05, 0.1) is 4.92 Å². The van der Waals surface area contributed by atoms with Crippen molar-refractivity contribution in [2.45, 2.75) is 37.1 Å². The van der Waals surface area contributed by atoms with Crippen LogP contribution in [0.25, 0.3) is 0 Å². The van der Waals surface area contributed by atoms with Crippen LogP contribution in [0.5, 0.6) is 0 Å². The fourth-order valence-electron chi connectivity index (χ4n) is 1.94. The second-order valence-electron chi connectivity index (χ2n) is 4.87. The van der Waals surface area contributed by atoms with E-state index in [9.17, 15) is 20.0 Å². The van der Waals surface area contributed by atoms with Crippen molar-refractivity contribution in [3.63, 3.8) is 0 Å². The number of rotatable bonds is 9. The molecule has 0 aliphatic heterocycles. The molecule has 0 radical (unpaired) electrons. The van der Waals surface area contributed by atoms with Gasteiger partial charge in [0.1, 0.15) is 5.54 Å². The van der Waals surface area contributed by atoms with Gasteiger partial charge in [-0.3, -0.25) is 14.9 Å². The number of benzene rings is 1. The highest BCUT2D eigenvalue weighted by Gasteiger charge is 2.31. The molecule has 0 saturated heterocycles. The van der Waals surface area contributed by atoms with Gasteiger partial charge in [-0.05, 0) is 44.2 Å². The summed E-state index contributed by atoms with van der Waals surface area (Å²) >= 11 is 1.57. The zero-order chi connectivity index (χ0) is 15.9. The van der Waals surface area contributed by atoms with Gasteiger partial charge in [0.2, 0.25) is 0 Å². The zero-order valence-electron chi connectivity index (χ0n) is 12.2. The third kappa shape index (κ3) is 5.35. The van der Waals surface area contributed by atoms with E-state index in [0.717, 1.165) is 17.1 Å². The van der Waals surface area contributed by atoms with Crippen LogP contribution in [0.2, 0.25) is 0 Å². The Morgan fingerprint density at radius 3 is 2.52 bits per heavy atom. The number of nitrogens with zero attached hydrogens (tertiary/aromatic N) is 1. The third-order valence-corrected chi connectivity index (χ3v) is 4.27. The summed E-state index contributed by atoms with van der Waals surface area (Å²) in [5, 5.41) is 22.8. The molecule has 0 bridgehead atoms. The van der Waals surface area contributed by atoms with Crippen molar-refractivity contribution in [2.24, 2.45) is 0 Å². The van der Waals surface area contributed by atoms with E-state index in [1.165, 1.54) is 12.1 Å². The van der Waals surface area contributed by atoms with Gasteiger partial charge in [-0.1, -0.05) is 6.92 Å². The molecule has 2 N–H and O–H groups in total. The van der Waals surface area contributed by atoms with Crippen LogP contribution in [0.1, 0.15) is 26.7 Å². The molecule has 0 saturated carbocycles. The second kappa shape index (κ2) is 7.99. The molecule has 116 valence electrons. The molecule has 0 aliphatic carbocycles. The van der Waals surface area contributed by atoms with Crippen LogP contribution in [0.15, 0.2) is 29.2 Å². The average Bonchev–Trinajstić information content (AvgIpc) is 2.44. The summed E-state index contributed by atoms with van der Waals surface area (Å²) in [4.78, 5) is 22.3. The largest absolute Gasteiger partial charge is 0.480 e. The molecular formula is C14H20N2O4S. The highest BCUT2D eigenvalue weighted by atomic mass is 32.2. The predicted octanol–water partition coefficient (Wildman–Crippen LogP) is 2.92.